The minimum Gasteiger partial charge on any atom is -0.496 e. The lowest BCUT2D eigenvalue weighted by atomic mass is 10.0. The van der Waals surface area contributed by atoms with Gasteiger partial charge in [-0.1, -0.05) is 0 Å². The fourth-order valence-corrected chi connectivity index (χ4v) is 1.77. The van der Waals surface area contributed by atoms with Crippen LogP contribution in [0.25, 0.3) is 0 Å². The molecular formula is C14H19ClF2N2O2. The third kappa shape index (κ3) is 4.54. The number of rotatable bonds is 6. The van der Waals surface area contributed by atoms with Crippen molar-refractivity contribution in [3.8, 4) is 5.75 Å². The van der Waals surface area contributed by atoms with Crippen molar-refractivity contribution < 1.29 is 18.6 Å². The summed E-state index contributed by atoms with van der Waals surface area (Å²) in [6.07, 6.45) is -0.516. The van der Waals surface area contributed by atoms with Crippen molar-refractivity contribution in [3.63, 3.8) is 0 Å². The summed E-state index contributed by atoms with van der Waals surface area (Å²) in [6.45, 7) is 4.47. The first kappa shape index (κ1) is 17.7. The Kier molecular flexibility index (Phi) is 5.92. The molecule has 0 bridgehead atoms. The second-order valence-corrected chi connectivity index (χ2v) is 5.15. The monoisotopic (exact) mass is 320 g/mol. The quantitative estimate of drug-likeness (QED) is 0.496. The average Bonchev–Trinajstić information content (AvgIpc) is 2.43. The van der Waals surface area contributed by atoms with E-state index in [2.05, 4.69) is 4.99 Å². The normalized spacial score (nSPS) is 13.5. The fourth-order valence-electron chi connectivity index (χ4n) is 1.65. The largest absolute Gasteiger partial charge is 0.496 e. The van der Waals surface area contributed by atoms with Gasteiger partial charge in [0.2, 0.25) is 0 Å². The van der Waals surface area contributed by atoms with Gasteiger partial charge in [-0.3, -0.25) is 0 Å². The molecule has 0 aromatic heterocycles. The van der Waals surface area contributed by atoms with Gasteiger partial charge >= 0.3 is 5.38 Å². The van der Waals surface area contributed by atoms with E-state index >= 15 is 0 Å². The number of aliphatic hydroxyl groups is 1. The first-order valence-electron chi connectivity index (χ1n) is 6.38. The van der Waals surface area contributed by atoms with Gasteiger partial charge in [0.25, 0.3) is 0 Å². The predicted molar refractivity (Wildman–Crippen MR) is 79.9 cm³/mol. The van der Waals surface area contributed by atoms with Crippen LogP contribution in [0, 0.1) is 6.92 Å². The first-order chi connectivity index (χ1) is 9.70. The van der Waals surface area contributed by atoms with E-state index in [-0.39, 0.29) is 11.3 Å². The molecule has 0 spiro atoms. The Morgan fingerprint density at radius 3 is 2.62 bits per heavy atom. The summed E-state index contributed by atoms with van der Waals surface area (Å²) in [5, 5.41) is 5.86. The fraction of sp³-hybridized carbons (Fsp3) is 0.500. The van der Waals surface area contributed by atoms with Gasteiger partial charge < -0.3 is 14.7 Å². The molecule has 21 heavy (non-hydrogen) atoms. The molecule has 1 rings (SSSR count). The second kappa shape index (κ2) is 7.04. The summed E-state index contributed by atoms with van der Waals surface area (Å²) in [4.78, 5) is 6.13. The molecule has 0 aliphatic heterocycles. The van der Waals surface area contributed by atoms with Gasteiger partial charge in [0.15, 0.2) is 6.10 Å². The topological polar surface area (TPSA) is 45.1 Å². The summed E-state index contributed by atoms with van der Waals surface area (Å²) in [5.74, 6) is 0.111. The van der Waals surface area contributed by atoms with Gasteiger partial charge in [-0.25, -0.2) is 4.99 Å². The molecule has 0 fully saturated rings. The number of benzene rings is 1. The van der Waals surface area contributed by atoms with Crippen molar-refractivity contribution in [1.29, 1.82) is 0 Å². The highest BCUT2D eigenvalue weighted by molar-refractivity contribution is 6.22. The Morgan fingerprint density at radius 1 is 1.52 bits per heavy atom. The van der Waals surface area contributed by atoms with Gasteiger partial charge in [-0.15, -0.1) is 0 Å². The van der Waals surface area contributed by atoms with Crippen LogP contribution in [0.5, 0.6) is 5.75 Å². The average molecular weight is 321 g/mol. The van der Waals surface area contributed by atoms with Crippen LogP contribution in [0.4, 0.5) is 14.5 Å². The number of hydrogen-bond acceptors (Lipinski definition) is 3. The highest BCUT2D eigenvalue weighted by atomic mass is 35.5. The van der Waals surface area contributed by atoms with Crippen LogP contribution in [0.2, 0.25) is 0 Å². The molecule has 0 aliphatic rings. The van der Waals surface area contributed by atoms with Gasteiger partial charge in [-0.05, 0) is 37.1 Å². The molecule has 4 nitrogen and oxygen atoms in total. The number of ether oxygens (including phenoxy) is 1. The smallest absolute Gasteiger partial charge is 0.351 e. The number of aliphatic imine (C=N–C) groups is 1. The molecule has 118 valence electrons. The summed E-state index contributed by atoms with van der Waals surface area (Å²) >= 11 is 4.89. The molecule has 0 amide bonds. The molecule has 0 radical (unpaired) electrons. The van der Waals surface area contributed by atoms with Gasteiger partial charge in [0.05, 0.1) is 19.1 Å². The van der Waals surface area contributed by atoms with Gasteiger partial charge in [-0.2, -0.15) is 8.78 Å². The Bertz CT molecular complexity index is 518. The van der Waals surface area contributed by atoms with Crippen LogP contribution >= 0.6 is 11.6 Å². The molecule has 0 saturated heterocycles. The molecule has 1 aromatic rings. The molecule has 0 saturated carbocycles. The summed E-state index contributed by atoms with van der Waals surface area (Å²) in [6, 6.07) is 2.90. The Balaban J connectivity index is 3.22. The summed E-state index contributed by atoms with van der Waals surface area (Å²) < 4.78 is 31.2. The zero-order chi connectivity index (χ0) is 16.2. The van der Waals surface area contributed by atoms with E-state index in [4.69, 9.17) is 16.3 Å². The maximum atomic E-state index is 13.1. The highest BCUT2D eigenvalue weighted by Crippen LogP contribution is 2.41. The van der Waals surface area contributed by atoms with Gasteiger partial charge in [0, 0.05) is 25.2 Å². The number of nitrogens with zero attached hydrogens (tertiary/aromatic N) is 2. The molecule has 1 atom stereocenters. The molecule has 1 N–H and O–H groups in total. The van der Waals surface area contributed by atoms with E-state index in [1.165, 1.54) is 19.2 Å². The van der Waals surface area contributed by atoms with Gasteiger partial charge in [0.1, 0.15) is 5.75 Å². The number of halogens is 3. The number of aliphatic hydroxyl groups excluding tert-OH is 1. The zero-order valence-corrected chi connectivity index (χ0v) is 13.2. The molecular weight excluding hydrogens is 302 g/mol. The van der Waals surface area contributed by atoms with E-state index in [1.54, 1.807) is 13.3 Å². The summed E-state index contributed by atoms with van der Waals surface area (Å²) in [7, 11) is 3.20. The number of methoxy groups -OCH3 is 1. The Labute approximate surface area is 128 Å². The third-order valence-electron chi connectivity index (χ3n) is 3.05. The van der Waals surface area contributed by atoms with Crippen LogP contribution in [0.15, 0.2) is 17.1 Å². The standard InChI is InChI=1S/C14H19ClF2N2O2/c1-5-19(3)8-18-11-7-12(21-4)10(6-9(11)2)13(20)14(15,16)17/h6-8,13,20H,5H2,1-4H3/b18-8+. The van der Waals surface area contributed by atoms with Crippen LogP contribution in [0.3, 0.4) is 0 Å². The van der Waals surface area contributed by atoms with E-state index < -0.39 is 11.5 Å². The maximum absolute atomic E-state index is 13.1. The number of alkyl halides is 3. The van der Waals surface area contributed by atoms with Crippen molar-refractivity contribution >= 4 is 23.6 Å². The zero-order valence-electron chi connectivity index (χ0n) is 12.4. The number of hydrogen-bond donors (Lipinski definition) is 1. The lowest BCUT2D eigenvalue weighted by molar-refractivity contribution is -0.0434. The van der Waals surface area contributed by atoms with Crippen molar-refractivity contribution in [2.45, 2.75) is 25.3 Å². The van der Waals surface area contributed by atoms with Crippen molar-refractivity contribution in [2.24, 2.45) is 4.99 Å². The SMILES string of the molecule is CCN(C)/C=N/c1cc(OC)c(C(O)C(F)(F)Cl)cc1C. The molecule has 7 heteroatoms. The van der Waals surface area contributed by atoms with Crippen molar-refractivity contribution in [1.82, 2.24) is 4.90 Å². The van der Waals surface area contributed by atoms with E-state index in [0.717, 1.165) is 6.54 Å². The maximum Gasteiger partial charge on any atom is 0.351 e. The molecule has 0 heterocycles. The van der Waals surface area contributed by atoms with Crippen molar-refractivity contribution in [3.05, 3.63) is 23.3 Å². The lowest BCUT2D eigenvalue weighted by Gasteiger charge is -2.20. The molecule has 0 aliphatic carbocycles. The minimum atomic E-state index is -3.77. The minimum absolute atomic E-state index is 0.0715. The van der Waals surface area contributed by atoms with E-state index in [0.29, 0.717) is 11.3 Å². The second-order valence-electron chi connectivity index (χ2n) is 4.64. The Hall–Kier alpha value is -1.40. The van der Waals surface area contributed by atoms with Crippen LogP contribution in [-0.4, -0.2) is 42.4 Å². The molecule has 1 aromatic carbocycles. The first-order valence-corrected chi connectivity index (χ1v) is 6.76. The van der Waals surface area contributed by atoms with Crippen molar-refractivity contribution in [2.75, 3.05) is 20.7 Å². The third-order valence-corrected chi connectivity index (χ3v) is 3.25. The van der Waals surface area contributed by atoms with Crippen LogP contribution in [-0.2, 0) is 0 Å². The summed E-state index contributed by atoms with van der Waals surface area (Å²) in [5.41, 5.74) is 1.13. The highest BCUT2D eigenvalue weighted by Gasteiger charge is 2.38. The predicted octanol–water partition coefficient (Wildman–Crippen LogP) is 3.48. The van der Waals surface area contributed by atoms with E-state index in [1.807, 2.05) is 18.9 Å². The Morgan fingerprint density at radius 2 is 2.14 bits per heavy atom. The van der Waals surface area contributed by atoms with E-state index in [9.17, 15) is 13.9 Å². The van der Waals surface area contributed by atoms with Crippen LogP contribution < -0.4 is 4.74 Å². The molecule has 1 unspecified atom stereocenters. The lowest BCUT2D eigenvalue weighted by Crippen LogP contribution is -2.19. The number of aryl methyl sites for hydroxylation is 1. The van der Waals surface area contributed by atoms with Crippen LogP contribution in [0.1, 0.15) is 24.2 Å².